The summed E-state index contributed by atoms with van der Waals surface area (Å²) in [6.07, 6.45) is -4.83. The highest BCUT2D eigenvalue weighted by atomic mass is 19.4. The SMILES string of the molecule is Cc1n[nH]c(C)c1C(=O)C(F)(F)F. The molecule has 1 N–H and O–H groups in total. The molecule has 1 heterocycles. The van der Waals surface area contributed by atoms with Gasteiger partial charge in [0.05, 0.1) is 11.3 Å². The highest BCUT2D eigenvalue weighted by Crippen LogP contribution is 2.24. The van der Waals surface area contributed by atoms with Gasteiger partial charge in [-0.2, -0.15) is 18.3 Å². The van der Waals surface area contributed by atoms with Crippen molar-refractivity contribution in [2.75, 3.05) is 0 Å². The second-order valence-corrected chi connectivity index (χ2v) is 2.64. The number of nitrogens with zero attached hydrogens (tertiary/aromatic N) is 1. The minimum atomic E-state index is -4.83. The number of carbonyl (C=O) groups excluding carboxylic acids is 1. The van der Waals surface area contributed by atoms with Gasteiger partial charge in [0.2, 0.25) is 0 Å². The maximum absolute atomic E-state index is 12.0. The second kappa shape index (κ2) is 2.86. The molecule has 0 aliphatic rings. The first-order chi connectivity index (χ1) is 5.84. The van der Waals surface area contributed by atoms with Gasteiger partial charge in [-0.25, -0.2) is 0 Å². The summed E-state index contributed by atoms with van der Waals surface area (Å²) in [5, 5.41) is 5.82. The first-order valence-electron chi connectivity index (χ1n) is 3.47. The number of aryl methyl sites for hydroxylation is 2. The lowest BCUT2D eigenvalue weighted by Gasteiger charge is -2.04. The van der Waals surface area contributed by atoms with Gasteiger partial charge >= 0.3 is 6.18 Å². The Kier molecular flexibility index (Phi) is 2.15. The third-order valence-electron chi connectivity index (χ3n) is 1.61. The third kappa shape index (κ3) is 1.71. The summed E-state index contributed by atoms with van der Waals surface area (Å²) in [4.78, 5) is 10.8. The quantitative estimate of drug-likeness (QED) is 0.689. The van der Waals surface area contributed by atoms with Crippen LogP contribution in [0.25, 0.3) is 0 Å². The smallest absolute Gasteiger partial charge is 0.284 e. The number of aromatic nitrogens is 2. The van der Waals surface area contributed by atoms with E-state index in [-0.39, 0.29) is 17.0 Å². The largest absolute Gasteiger partial charge is 0.455 e. The van der Waals surface area contributed by atoms with E-state index in [1.54, 1.807) is 0 Å². The molecule has 0 bridgehead atoms. The first-order valence-corrected chi connectivity index (χ1v) is 3.47. The van der Waals surface area contributed by atoms with Crippen LogP contribution < -0.4 is 0 Å². The summed E-state index contributed by atoms with van der Waals surface area (Å²) in [5.74, 6) is -1.85. The molecular weight excluding hydrogens is 185 g/mol. The lowest BCUT2D eigenvalue weighted by atomic mass is 10.1. The normalized spacial score (nSPS) is 11.8. The van der Waals surface area contributed by atoms with E-state index in [1.165, 1.54) is 13.8 Å². The number of Topliss-reactive ketones (excluding diaryl/α,β-unsaturated/α-hetero) is 1. The van der Waals surface area contributed by atoms with Crippen LogP contribution in [0.4, 0.5) is 13.2 Å². The van der Waals surface area contributed by atoms with Crippen molar-refractivity contribution in [2.24, 2.45) is 0 Å². The van der Waals surface area contributed by atoms with Crippen LogP contribution in [0.2, 0.25) is 0 Å². The second-order valence-electron chi connectivity index (χ2n) is 2.64. The van der Waals surface area contributed by atoms with Gasteiger partial charge in [0, 0.05) is 5.69 Å². The van der Waals surface area contributed by atoms with Crippen molar-refractivity contribution in [1.82, 2.24) is 10.2 Å². The lowest BCUT2D eigenvalue weighted by molar-refractivity contribution is -0.0886. The summed E-state index contributed by atoms with van der Waals surface area (Å²) < 4.78 is 35.9. The van der Waals surface area contributed by atoms with Crippen molar-refractivity contribution in [3.63, 3.8) is 0 Å². The van der Waals surface area contributed by atoms with Crippen molar-refractivity contribution < 1.29 is 18.0 Å². The fourth-order valence-corrected chi connectivity index (χ4v) is 1.03. The van der Waals surface area contributed by atoms with Crippen molar-refractivity contribution in [2.45, 2.75) is 20.0 Å². The van der Waals surface area contributed by atoms with Gasteiger partial charge in [-0.05, 0) is 13.8 Å². The van der Waals surface area contributed by atoms with Gasteiger partial charge in [0.25, 0.3) is 5.78 Å². The topological polar surface area (TPSA) is 45.8 Å². The fourth-order valence-electron chi connectivity index (χ4n) is 1.03. The van der Waals surface area contributed by atoms with Gasteiger partial charge < -0.3 is 0 Å². The van der Waals surface area contributed by atoms with E-state index in [9.17, 15) is 18.0 Å². The van der Waals surface area contributed by atoms with E-state index in [4.69, 9.17) is 0 Å². The van der Waals surface area contributed by atoms with Crippen LogP contribution in [0, 0.1) is 13.8 Å². The Hall–Kier alpha value is -1.33. The molecule has 0 aliphatic carbocycles. The molecule has 0 aliphatic heterocycles. The molecule has 1 aromatic heterocycles. The van der Waals surface area contributed by atoms with Gasteiger partial charge in [-0.3, -0.25) is 9.89 Å². The van der Waals surface area contributed by atoms with Crippen LogP contribution in [0.1, 0.15) is 21.7 Å². The van der Waals surface area contributed by atoms with Gasteiger partial charge in [0.15, 0.2) is 0 Å². The number of carbonyl (C=O) groups is 1. The number of ketones is 1. The van der Waals surface area contributed by atoms with Crippen molar-refractivity contribution in [3.8, 4) is 0 Å². The van der Waals surface area contributed by atoms with Gasteiger partial charge in [0.1, 0.15) is 0 Å². The number of alkyl halides is 3. The third-order valence-corrected chi connectivity index (χ3v) is 1.61. The van der Waals surface area contributed by atoms with Crippen molar-refractivity contribution in [3.05, 3.63) is 17.0 Å². The molecule has 3 nitrogen and oxygen atoms in total. The maximum atomic E-state index is 12.0. The molecule has 0 unspecified atom stereocenters. The van der Waals surface area contributed by atoms with Crippen molar-refractivity contribution >= 4 is 5.78 Å². The summed E-state index contributed by atoms with van der Waals surface area (Å²) in [6, 6.07) is 0. The lowest BCUT2D eigenvalue weighted by Crippen LogP contribution is -2.23. The molecule has 0 radical (unpaired) electrons. The minimum absolute atomic E-state index is 0.0693. The summed E-state index contributed by atoms with van der Waals surface area (Å²) in [5.41, 5.74) is -0.174. The van der Waals surface area contributed by atoms with Gasteiger partial charge in [-0.15, -0.1) is 0 Å². The molecule has 72 valence electrons. The predicted molar refractivity (Wildman–Crippen MR) is 38.4 cm³/mol. The Morgan fingerprint density at radius 3 is 2.23 bits per heavy atom. The predicted octanol–water partition coefficient (Wildman–Crippen LogP) is 1.77. The molecule has 1 rings (SSSR count). The summed E-state index contributed by atoms with van der Waals surface area (Å²) >= 11 is 0. The van der Waals surface area contributed by atoms with E-state index < -0.39 is 12.0 Å². The Balaban J connectivity index is 3.16. The Morgan fingerprint density at radius 1 is 1.38 bits per heavy atom. The van der Waals surface area contributed by atoms with Crippen LogP contribution in [-0.2, 0) is 0 Å². The van der Waals surface area contributed by atoms with Crippen molar-refractivity contribution in [1.29, 1.82) is 0 Å². The molecule has 0 saturated heterocycles. The number of halogens is 3. The summed E-state index contributed by atoms with van der Waals surface area (Å²) in [7, 11) is 0. The molecule has 0 amide bonds. The van der Waals surface area contributed by atoms with Crippen LogP contribution in [-0.4, -0.2) is 22.2 Å². The standard InChI is InChI=1S/C7H7F3N2O/c1-3-5(4(2)12-11-3)6(13)7(8,9)10/h1-2H3,(H,11,12). The number of nitrogens with one attached hydrogen (secondary N) is 1. The Morgan fingerprint density at radius 2 is 1.92 bits per heavy atom. The minimum Gasteiger partial charge on any atom is -0.284 e. The molecule has 1 aromatic rings. The molecule has 0 spiro atoms. The van der Waals surface area contributed by atoms with Crippen LogP contribution in [0.15, 0.2) is 0 Å². The fraction of sp³-hybridized carbons (Fsp3) is 0.429. The monoisotopic (exact) mass is 192 g/mol. The van der Waals surface area contributed by atoms with Gasteiger partial charge in [-0.1, -0.05) is 0 Å². The summed E-state index contributed by atoms with van der Waals surface area (Å²) in [6.45, 7) is 2.72. The van der Waals surface area contributed by atoms with Crippen LogP contribution in [0.3, 0.4) is 0 Å². The molecule has 0 fully saturated rings. The highest BCUT2D eigenvalue weighted by molar-refractivity contribution is 6.02. The number of aromatic amines is 1. The zero-order valence-corrected chi connectivity index (χ0v) is 6.99. The zero-order valence-electron chi connectivity index (χ0n) is 6.99. The maximum Gasteiger partial charge on any atom is 0.455 e. The van der Waals surface area contributed by atoms with E-state index in [0.717, 1.165) is 0 Å². The van der Waals surface area contributed by atoms with E-state index in [2.05, 4.69) is 10.2 Å². The zero-order chi connectivity index (χ0) is 10.2. The molecular formula is C7H7F3N2O. The van der Waals surface area contributed by atoms with E-state index in [0.29, 0.717) is 0 Å². The number of H-pyrrole nitrogens is 1. The Bertz CT molecular complexity index is 320. The highest BCUT2D eigenvalue weighted by Gasteiger charge is 2.41. The molecule has 0 aromatic carbocycles. The van der Waals surface area contributed by atoms with Crippen LogP contribution in [0.5, 0.6) is 0 Å². The number of rotatable bonds is 1. The van der Waals surface area contributed by atoms with Crippen LogP contribution >= 0.6 is 0 Å². The molecule has 6 heteroatoms. The number of hydrogen-bond donors (Lipinski definition) is 1. The average molecular weight is 192 g/mol. The van der Waals surface area contributed by atoms with E-state index in [1.807, 2.05) is 0 Å². The molecule has 13 heavy (non-hydrogen) atoms. The number of hydrogen-bond acceptors (Lipinski definition) is 2. The Labute approximate surface area is 71.9 Å². The molecule has 0 atom stereocenters. The molecule has 0 saturated carbocycles. The average Bonchev–Trinajstić information content (AvgIpc) is 2.28. The van der Waals surface area contributed by atoms with E-state index >= 15 is 0 Å². The first kappa shape index (κ1) is 9.76.